The molecular weight excluding hydrogens is 278 g/mol. The smallest absolute Gasteiger partial charge is 0.251 e. The summed E-state index contributed by atoms with van der Waals surface area (Å²) in [5.74, 6) is 0.0823. The van der Waals surface area contributed by atoms with Gasteiger partial charge in [0.1, 0.15) is 0 Å². The summed E-state index contributed by atoms with van der Waals surface area (Å²) in [7, 11) is 0. The van der Waals surface area contributed by atoms with Crippen LogP contribution in [0.2, 0.25) is 0 Å². The fourth-order valence-corrected chi connectivity index (χ4v) is 2.44. The van der Waals surface area contributed by atoms with Crippen LogP contribution in [-0.4, -0.2) is 30.9 Å². The molecule has 1 saturated heterocycles. The maximum Gasteiger partial charge on any atom is 0.251 e. The van der Waals surface area contributed by atoms with Gasteiger partial charge in [-0.05, 0) is 44.0 Å². The molecule has 0 spiro atoms. The molecular formula is C17H25N3O2. The summed E-state index contributed by atoms with van der Waals surface area (Å²) in [5, 5.41) is 9.08. The molecule has 0 aromatic heterocycles. The van der Waals surface area contributed by atoms with Gasteiger partial charge >= 0.3 is 0 Å². The van der Waals surface area contributed by atoms with E-state index in [0.29, 0.717) is 12.1 Å². The van der Waals surface area contributed by atoms with Crippen LogP contribution in [0, 0.1) is 5.92 Å². The summed E-state index contributed by atoms with van der Waals surface area (Å²) < 4.78 is 0. The van der Waals surface area contributed by atoms with Gasteiger partial charge in [-0.25, -0.2) is 0 Å². The van der Waals surface area contributed by atoms with Gasteiger partial charge in [-0.3, -0.25) is 9.59 Å². The Morgan fingerprint density at radius 1 is 1.41 bits per heavy atom. The monoisotopic (exact) mass is 303 g/mol. The lowest BCUT2D eigenvalue weighted by Gasteiger charge is -2.13. The van der Waals surface area contributed by atoms with E-state index in [9.17, 15) is 9.59 Å². The van der Waals surface area contributed by atoms with E-state index in [4.69, 9.17) is 0 Å². The summed E-state index contributed by atoms with van der Waals surface area (Å²) in [6, 6.07) is 7.57. The minimum absolute atomic E-state index is 0.0666. The van der Waals surface area contributed by atoms with Gasteiger partial charge in [0.05, 0.1) is 5.92 Å². The van der Waals surface area contributed by atoms with Crippen LogP contribution in [0.1, 0.15) is 42.6 Å². The number of carbonyl (C=O) groups is 2. The maximum atomic E-state index is 12.1. The Hall–Kier alpha value is -1.88. The van der Waals surface area contributed by atoms with Crippen molar-refractivity contribution in [2.75, 3.05) is 13.1 Å². The Bertz CT molecular complexity index is 524. The van der Waals surface area contributed by atoms with E-state index in [-0.39, 0.29) is 23.8 Å². The Morgan fingerprint density at radius 3 is 2.91 bits per heavy atom. The second-order valence-corrected chi connectivity index (χ2v) is 5.89. The highest BCUT2D eigenvalue weighted by Crippen LogP contribution is 2.09. The topological polar surface area (TPSA) is 70.2 Å². The minimum Gasteiger partial charge on any atom is -0.352 e. The van der Waals surface area contributed by atoms with Crippen molar-refractivity contribution >= 4 is 11.8 Å². The van der Waals surface area contributed by atoms with E-state index in [1.54, 1.807) is 6.07 Å². The largest absolute Gasteiger partial charge is 0.352 e. The lowest BCUT2D eigenvalue weighted by atomic mass is 10.1. The number of amides is 2. The average molecular weight is 303 g/mol. The zero-order valence-electron chi connectivity index (χ0n) is 13.3. The molecule has 3 N–H and O–H groups in total. The number of nitrogens with one attached hydrogen (secondary N) is 3. The Balaban J connectivity index is 1.90. The first-order valence-electron chi connectivity index (χ1n) is 7.98. The van der Waals surface area contributed by atoms with Crippen molar-refractivity contribution < 1.29 is 9.59 Å². The van der Waals surface area contributed by atoms with Gasteiger partial charge in [-0.2, -0.15) is 0 Å². The van der Waals surface area contributed by atoms with E-state index >= 15 is 0 Å². The number of hydrogen-bond donors (Lipinski definition) is 3. The highest BCUT2D eigenvalue weighted by atomic mass is 16.2. The fourth-order valence-electron chi connectivity index (χ4n) is 2.44. The van der Waals surface area contributed by atoms with Crippen LogP contribution in [0.3, 0.4) is 0 Å². The van der Waals surface area contributed by atoms with Crippen molar-refractivity contribution in [3.05, 3.63) is 35.4 Å². The molecule has 0 radical (unpaired) electrons. The van der Waals surface area contributed by atoms with E-state index in [1.165, 1.54) is 0 Å². The third-order valence-electron chi connectivity index (χ3n) is 4.08. The third kappa shape index (κ3) is 4.56. The quantitative estimate of drug-likeness (QED) is 0.745. The number of benzene rings is 1. The molecule has 1 heterocycles. The van der Waals surface area contributed by atoms with Gasteiger partial charge in [-0.15, -0.1) is 0 Å². The van der Waals surface area contributed by atoms with Crippen molar-refractivity contribution in [1.82, 2.24) is 16.0 Å². The van der Waals surface area contributed by atoms with Crippen LogP contribution in [0.15, 0.2) is 24.3 Å². The molecule has 0 bridgehead atoms. The maximum absolute atomic E-state index is 12.1. The molecule has 2 rings (SSSR count). The first-order valence-corrected chi connectivity index (χ1v) is 7.98. The SMILES string of the molecule is CCC(C)NC(=O)c1cccc(CNC(=O)C2CCNC2)c1. The van der Waals surface area contributed by atoms with Gasteiger partial charge in [0, 0.05) is 24.7 Å². The summed E-state index contributed by atoms with van der Waals surface area (Å²) in [4.78, 5) is 24.1. The molecule has 2 atom stereocenters. The van der Waals surface area contributed by atoms with E-state index in [2.05, 4.69) is 16.0 Å². The molecule has 120 valence electrons. The second-order valence-electron chi connectivity index (χ2n) is 5.89. The molecule has 1 aromatic rings. The Morgan fingerprint density at radius 2 is 2.23 bits per heavy atom. The zero-order valence-corrected chi connectivity index (χ0v) is 13.3. The van der Waals surface area contributed by atoms with Gasteiger partial charge in [0.2, 0.25) is 5.91 Å². The van der Waals surface area contributed by atoms with E-state index in [0.717, 1.165) is 31.5 Å². The molecule has 1 aromatic carbocycles. The third-order valence-corrected chi connectivity index (χ3v) is 4.08. The van der Waals surface area contributed by atoms with Crippen molar-refractivity contribution in [2.45, 2.75) is 39.3 Å². The van der Waals surface area contributed by atoms with Crippen LogP contribution in [0.25, 0.3) is 0 Å². The fraction of sp³-hybridized carbons (Fsp3) is 0.529. The predicted molar refractivity (Wildman–Crippen MR) is 86.5 cm³/mol. The zero-order chi connectivity index (χ0) is 15.9. The number of carbonyl (C=O) groups excluding carboxylic acids is 2. The molecule has 2 amide bonds. The Kier molecular flexibility index (Phi) is 5.95. The molecule has 0 saturated carbocycles. The van der Waals surface area contributed by atoms with Gasteiger partial charge in [0.25, 0.3) is 5.91 Å². The van der Waals surface area contributed by atoms with Crippen molar-refractivity contribution in [2.24, 2.45) is 5.92 Å². The molecule has 2 unspecified atom stereocenters. The van der Waals surface area contributed by atoms with Crippen LogP contribution >= 0.6 is 0 Å². The standard InChI is InChI=1S/C17H25N3O2/c1-3-12(2)20-17(22)14-6-4-5-13(9-14)10-19-16(21)15-7-8-18-11-15/h4-6,9,12,15,18H,3,7-8,10-11H2,1-2H3,(H,19,21)(H,20,22). The van der Waals surface area contributed by atoms with Crippen LogP contribution in [0.4, 0.5) is 0 Å². The van der Waals surface area contributed by atoms with E-state index < -0.39 is 0 Å². The first kappa shape index (κ1) is 16.5. The van der Waals surface area contributed by atoms with Crippen LogP contribution in [-0.2, 0) is 11.3 Å². The molecule has 1 fully saturated rings. The molecule has 22 heavy (non-hydrogen) atoms. The molecule has 0 aliphatic carbocycles. The molecule has 1 aliphatic heterocycles. The van der Waals surface area contributed by atoms with E-state index in [1.807, 2.05) is 32.0 Å². The lowest BCUT2D eigenvalue weighted by molar-refractivity contribution is -0.124. The highest BCUT2D eigenvalue weighted by Gasteiger charge is 2.21. The predicted octanol–water partition coefficient (Wildman–Crippen LogP) is 1.44. The summed E-state index contributed by atoms with van der Waals surface area (Å²) in [6.07, 6.45) is 1.79. The van der Waals surface area contributed by atoms with Crippen LogP contribution in [0.5, 0.6) is 0 Å². The first-order chi connectivity index (χ1) is 10.6. The van der Waals surface area contributed by atoms with Gasteiger partial charge in [-0.1, -0.05) is 19.1 Å². The summed E-state index contributed by atoms with van der Waals surface area (Å²) >= 11 is 0. The normalized spacial score (nSPS) is 18.7. The van der Waals surface area contributed by atoms with Gasteiger partial charge < -0.3 is 16.0 Å². The molecule has 5 nitrogen and oxygen atoms in total. The molecule has 1 aliphatic rings. The number of hydrogen-bond acceptors (Lipinski definition) is 3. The molecule has 5 heteroatoms. The van der Waals surface area contributed by atoms with Crippen molar-refractivity contribution in [3.8, 4) is 0 Å². The second kappa shape index (κ2) is 7.94. The minimum atomic E-state index is -0.0671. The van der Waals surface area contributed by atoms with Gasteiger partial charge in [0.15, 0.2) is 0 Å². The number of rotatable bonds is 6. The average Bonchev–Trinajstić information content (AvgIpc) is 3.07. The van der Waals surface area contributed by atoms with Crippen molar-refractivity contribution in [3.63, 3.8) is 0 Å². The summed E-state index contributed by atoms with van der Waals surface area (Å²) in [6.45, 7) is 6.14. The Labute approximate surface area is 131 Å². The van der Waals surface area contributed by atoms with Crippen LogP contribution < -0.4 is 16.0 Å². The highest BCUT2D eigenvalue weighted by molar-refractivity contribution is 5.94. The summed E-state index contributed by atoms with van der Waals surface area (Å²) in [5.41, 5.74) is 1.57. The lowest BCUT2D eigenvalue weighted by Crippen LogP contribution is -2.32. The van der Waals surface area contributed by atoms with Crippen molar-refractivity contribution in [1.29, 1.82) is 0 Å².